The van der Waals surface area contributed by atoms with Crippen molar-refractivity contribution in [3.8, 4) is 0 Å². The topological polar surface area (TPSA) is 131 Å². The van der Waals surface area contributed by atoms with Gasteiger partial charge in [-0.2, -0.15) is 0 Å². The van der Waals surface area contributed by atoms with Crippen molar-refractivity contribution in [2.75, 3.05) is 19.0 Å². The van der Waals surface area contributed by atoms with Crippen molar-refractivity contribution in [1.29, 1.82) is 0 Å². The van der Waals surface area contributed by atoms with Crippen LogP contribution in [0, 0.1) is 10.1 Å². The quantitative estimate of drug-likeness (QED) is 0.421. The first-order valence-corrected chi connectivity index (χ1v) is 8.51. The van der Waals surface area contributed by atoms with Crippen molar-refractivity contribution in [2.45, 2.75) is 19.0 Å². The van der Waals surface area contributed by atoms with E-state index in [1.807, 2.05) is 30.3 Å². The lowest BCUT2D eigenvalue weighted by molar-refractivity contribution is -0.384. The third-order valence-corrected chi connectivity index (χ3v) is 4.00. The maximum absolute atomic E-state index is 12.3. The van der Waals surface area contributed by atoms with Gasteiger partial charge in [-0.25, -0.2) is 4.79 Å². The van der Waals surface area contributed by atoms with E-state index in [0.29, 0.717) is 6.54 Å². The number of carboxylic acids is 1. The highest BCUT2D eigenvalue weighted by Gasteiger charge is 2.23. The van der Waals surface area contributed by atoms with Gasteiger partial charge >= 0.3 is 5.97 Å². The van der Waals surface area contributed by atoms with Crippen LogP contribution in [0.5, 0.6) is 0 Å². The number of rotatable bonds is 10. The Hall–Kier alpha value is -3.46. The highest BCUT2D eigenvalue weighted by Crippen LogP contribution is 2.26. The number of aliphatic carboxylic acids is 1. The molecule has 0 radical (unpaired) electrons. The molecule has 2 aromatic rings. The Morgan fingerprint density at radius 3 is 2.54 bits per heavy atom. The summed E-state index contributed by atoms with van der Waals surface area (Å²) in [6.45, 7) is 0.533. The molecule has 2 rings (SSSR count). The fraction of sp³-hybridized carbons (Fsp3) is 0.263. The highest BCUT2D eigenvalue weighted by atomic mass is 16.6. The van der Waals surface area contributed by atoms with Crippen molar-refractivity contribution < 1.29 is 24.4 Å². The van der Waals surface area contributed by atoms with Gasteiger partial charge in [0.2, 0.25) is 0 Å². The molecule has 0 aliphatic heterocycles. The first kappa shape index (κ1) is 20.8. The minimum Gasteiger partial charge on any atom is -0.480 e. The number of nitro groups is 1. The van der Waals surface area contributed by atoms with Crippen LogP contribution in [-0.2, 0) is 16.1 Å². The molecule has 0 fully saturated rings. The Bertz CT molecular complexity index is 841. The molecule has 0 spiro atoms. The Morgan fingerprint density at radius 2 is 1.93 bits per heavy atom. The summed E-state index contributed by atoms with van der Waals surface area (Å²) >= 11 is 0. The zero-order chi connectivity index (χ0) is 20.5. The number of methoxy groups -OCH3 is 1. The first-order valence-electron chi connectivity index (χ1n) is 8.51. The number of nitro benzene ring substituents is 1. The van der Waals surface area contributed by atoms with Gasteiger partial charge in [-0.05, 0) is 17.7 Å². The standard InChI is InChI=1S/C19H21N3O6/c1-28-10-9-16(19(24)25)21-18(23)14-7-8-15(17(11-14)22(26)27)20-12-13-5-3-2-4-6-13/h2-8,11,16,20H,9-10,12H2,1H3,(H,21,23)(H,24,25). The van der Waals surface area contributed by atoms with Crippen LogP contribution >= 0.6 is 0 Å². The summed E-state index contributed by atoms with van der Waals surface area (Å²) in [6.07, 6.45) is 0.0797. The molecule has 0 saturated heterocycles. The van der Waals surface area contributed by atoms with Crippen LogP contribution in [-0.4, -0.2) is 41.7 Å². The van der Waals surface area contributed by atoms with Crippen LogP contribution in [0.15, 0.2) is 48.5 Å². The first-order chi connectivity index (χ1) is 13.4. The van der Waals surface area contributed by atoms with Crippen molar-refractivity contribution in [3.63, 3.8) is 0 Å². The van der Waals surface area contributed by atoms with E-state index in [1.165, 1.54) is 19.2 Å². The Labute approximate surface area is 161 Å². The summed E-state index contributed by atoms with van der Waals surface area (Å²) in [7, 11) is 1.42. The van der Waals surface area contributed by atoms with E-state index in [0.717, 1.165) is 11.6 Å². The van der Waals surface area contributed by atoms with E-state index >= 15 is 0 Å². The summed E-state index contributed by atoms with van der Waals surface area (Å²) < 4.78 is 4.83. The van der Waals surface area contributed by atoms with Crippen molar-refractivity contribution in [2.24, 2.45) is 0 Å². The summed E-state index contributed by atoms with van der Waals surface area (Å²) in [4.78, 5) is 34.4. The van der Waals surface area contributed by atoms with E-state index in [9.17, 15) is 24.8 Å². The van der Waals surface area contributed by atoms with Gasteiger partial charge in [0.05, 0.1) is 4.92 Å². The monoisotopic (exact) mass is 387 g/mol. The average Bonchev–Trinajstić information content (AvgIpc) is 2.69. The van der Waals surface area contributed by atoms with Crippen LogP contribution in [0.2, 0.25) is 0 Å². The molecule has 1 amide bonds. The lowest BCUT2D eigenvalue weighted by atomic mass is 10.1. The lowest BCUT2D eigenvalue weighted by Crippen LogP contribution is -2.41. The molecule has 0 saturated carbocycles. The number of hydrogen-bond acceptors (Lipinski definition) is 6. The molecule has 0 aliphatic carbocycles. The van der Waals surface area contributed by atoms with Gasteiger partial charge in [-0.3, -0.25) is 14.9 Å². The smallest absolute Gasteiger partial charge is 0.326 e. The Morgan fingerprint density at radius 1 is 1.21 bits per heavy atom. The largest absolute Gasteiger partial charge is 0.480 e. The molecule has 148 valence electrons. The number of carbonyl (C=O) groups excluding carboxylic acids is 1. The van der Waals surface area contributed by atoms with E-state index in [2.05, 4.69) is 10.6 Å². The van der Waals surface area contributed by atoms with Gasteiger partial charge < -0.3 is 20.5 Å². The van der Waals surface area contributed by atoms with E-state index in [4.69, 9.17) is 4.74 Å². The average molecular weight is 387 g/mol. The maximum Gasteiger partial charge on any atom is 0.326 e. The molecular weight excluding hydrogens is 366 g/mol. The SMILES string of the molecule is COCCC(NC(=O)c1ccc(NCc2ccccc2)c([N+](=O)[O-])c1)C(=O)O. The molecule has 0 aliphatic rings. The summed E-state index contributed by atoms with van der Waals surface area (Å²) in [5.41, 5.74) is 0.939. The third kappa shape index (κ3) is 5.78. The van der Waals surface area contributed by atoms with Crippen molar-refractivity contribution in [1.82, 2.24) is 5.32 Å². The summed E-state index contributed by atoms with van der Waals surface area (Å²) in [6, 6.07) is 12.2. The molecule has 1 atom stereocenters. The molecule has 9 heteroatoms. The number of anilines is 1. The second-order valence-electron chi connectivity index (χ2n) is 5.97. The van der Waals surface area contributed by atoms with Crippen LogP contribution in [0.4, 0.5) is 11.4 Å². The number of nitrogens with one attached hydrogen (secondary N) is 2. The van der Waals surface area contributed by atoms with Gasteiger partial charge in [0.15, 0.2) is 0 Å². The maximum atomic E-state index is 12.3. The van der Waals surface area contributed by atoms with Crippen LogP contribution in [0.3, 0.4) is 0 Å². The number of benzene rings is 2. The molecule has 1 unspecified atom stereocenters. The second kappa shape index (κ2) is 10.0. The number of carboxylic acid groups (broad SMARTS) is 1. The number of carbonyl (C=O) groups is 2. The molecule has 0 heterocycles. The van der Waals surface area contributed by atoms with E-state index in [-0.39, 0.29) is 30.0 Å². The second-order valence-corrected chi connectivity index (χ2v) is 5.97. The summed E-state index contributed by atoms with van der Waals surface area (Å²) in [5, 5.41) is 25.9. The predicted molar refractivity (Wildman–Crippen MR) is 102 cm³/mol. The minimum absolute atomic E-state index is 0.000581. The molecule has 0 aromatic heterocycles. The molecule has 28 heavy (non-hydrogen) atoms. The molecule has 9 nitrogen and oxygen atoms in total. The van der Waals surface area contributed by atoms with Crippen LogP contribution in [0.25, 0.3) is 0 Å². The van der Waals surface area contributed by atoms with Gasteiger partial charge in [0, 0.05) is 38.3 Å². The zero-order valence-electron chi connectivity index (χ0n) is 15.3. The van der Waals surface area contributed by atoms with Gasteiger partial charge in [0.25, 0.3) is 11.6 Å². The Kier molecular flexibility index (Phi) is 7.46. The third-order valence-electron chi connectivity index (χ3n) is 4.00. The fourth-order valence-corrected chi connectivity index (χ4v) is 2.50. The van der Waals surface area contributed by atoms with Crippen molar-refractivity contribution in [3.05, 3.63) is 69.8 Å². The van der Waals surface area contributed by atoms with Crippen LogP contribution in [0.1, 0.15) is 22.3 Å². The summed E-state index contributed by atoms with van der Waals surface area (Å²) in [5.74, 6) is -1.91. The number of amides is 1. The normalized spacial score (nSPS) is 11.5. The Balaban J connectivity index is 2.15. The number of nitrogens with zero attached hydrogens (tertiary/aromatic N) is 1. The molecule has 3 N–H and O–H groups in total. The van der Waals surface area contributed by atoms with E-state index in [1.54, 1.807) is 0 Å². The van der Waals surface area contributed by atoms with Crippen LogP contribution < -0.4 is 10.6 Å². The molecule has 0 bridgehead atoms. The minimum atomic E-state index is -1.21. The molecular formula is C19H21N3O6. The zero-order valence-corrected chi connectivity index (χ0v) is 15.3. The number of ether oxygens (including phenoxy) is 1. The fourth-order valence-electron chi connectivity index (χ4n) is 2.50. The van der Waals surface area contributed by atoms with E-state index < -0.39 is 22.8 Å². The van der Waals surface area contributed by atoms with Gasteiger partial charge in [-0.15, -0.1) is 0 Å². The number of hydrogen-bond donors (Lipinski definition) is 3. The van der Waals surface area contributed by atoms with Gasteiger partial charge in [0.1, 0.15) is 11.7 Å². The lowest BCUT2D eigenvalue weighted by Gasteiger charge is -2.14. The van der Waals surface area contributed by atoms with Crippen molar-refractivity contribution >= 4 is 23.3 Å². The van der Waals surface area contributed by atoms with Gasteiger partial charge in [-0.1, -0.05) is 30.3 Å². The predicted octanol–water partition coefficient (Wildman–Crippen LogP) is 2.43. The highest BCUT2D eigenvalue weighted by molar-refractivity contribution is 5.97. The molecule has 2 aromatic carbocycles.